The Balaban J connectivity index is 2.03. The molecule has 4 nitrogen and oxygen atoms in total. The van der Waals surface area contributed by atoms with E-state index in [1.807, 2.05) is 12.3 Å². The molecule has 16 heavy (non-hydrogen) atoms. The van der Waals surface area contributed by atoms with Gasteiger partial charge in [0.05, 0.1) is 23.1 Å². The van der Waals surface area contributed by atoms with Gasteiger partial charge in [0.25, 0.3) is 0 Å². The van der Waals surface area contributed by atoms with Crippen LogP contribution in [0.3, 0.4) is 0 Å². The molecule has 1 fully saturated rings. The van der Waals surface area contributed by atoms with Crippen molar-refractivity contribution in [2.75, 3.05) is 23.7 Å². The molecule has 0 radical (unpaired) electrons. The topological polar surface area (TPSA) is 57.9 Å². The maximum Gasteiger partial charge on any atom is 0.0672 e. The minimum Gasteiger partial charge on any atom is -0.397 e. The fourth-order valence-corrected chi connectivity index (χ4v) is 2.41. The van der Waals surface area contributed by atoms with Crippen molar-refractivity contribution in [3.05, 3.63) is 18.3 Å². The van der Waals surface area contributed by atoms with Crippen LogP contribution in [0.25, 0.3) is 10.9 Å². The molecule has 0 saturated carbocycles. The fourth-order valence-electron chi connectivity index (χ4n) is 2.41. The summed E-state index contributed by atoms with van der Waals surface area (Å²) in [4.78, 5) is 2.37. The first-order chi connectivity index (χ1) is 7.84. The molecule has 2 heterocycles. The fraction of sp³-hybridized carbons (Fsp3) is 0.417. The number of nitrogen functional groups attached to an aromatic ring is 1. The van der Waals surface area contributed by atoms with Crippen molar-refractivity contribution in [1.29, 1.82) is 0 Å². The summed E-state index contributed by atoms with van der Waals surface area (Å²) >= 11 is 0. The smallest absolute Gasteiger partial charge is 0.0672 e. The van der Waals surface area contributed by atoms with Gasteiger partial charge in [0.2, 0.25) is 0 Å². The van der Waals surface area contributed by atoms with Crippen molar-refractivity contribution in [1.82, 2.24) is 10.2 Å². The van der Waals surface area contributed by atoms with Crippen LogP contribution in [0.5, 0.6) is 0 Å². The second kappa shape index (κ2) is 3.70. The SMILES string of the molecule is Nc1cc2cn[nH]c2cc1N1CCCCC1. The largest absolute Gasteiger partial charge is 0.397 e. The summed E-state index contributed by atoms with van der Waals surface area (Å²) in [5.41, 5.74) is 9.16. The van der Waals surface area contributed by atoms with E-state index in [1.165, 1.54) is 19.3 Å². The van der Waals surface area contributed by atoms with Crippen molar-refractivity contribution in [2.24, 2.45) is 0 Å². The first-order valence-corrected chi connectivity index (χ1v) is 5.82. The maximum atomic E-state index is 6.09. The molecule has 2 aromatic rings. The Kier molecular flexibility index (Phi) is 2.20. The van der Waals surface area contributed by atoms with Crippen LogP contribution in [-0.4, -0.2) is 23.3 Å². The Bertz CT molecular complexity index is 497. The summed E-state index contributed by atoms with van der Waals surface area (Å²) in [6.45, 7) is 2.23. The average molecular weight is 216 g/mol. The molecule has 4 heteroatoms. The Morgan fingerprint density at radius 1 is 1.19 bits per heavy atom. The third-order valence-electron chi connectivity index (χ3n) is 3.28. The van der Waals surface area contributed by atoms with E-state index in [0.717, 1.165) is 35.4 Å². The van der Waals surface area contributed by atoms with Crippen LogP contribution < -0.4 is 10.6 Å². The lowest BCUT2D eigenvalue weighted by Crippen LogP contribution is -2.29. The van der Waals surface area contributed by atoms with E-state index in [2.05, 4.69) is 21.2 Å². The van der Waals surface area contributed by atoms with Crippen molar-refractivity contribution < 1.29 is 0 Å². The molecule has 1 aliphatic rings. The van der Waals surface area contributed by atoms with Crippen LogP contribution in [0.2, 0.25) is 0 Å². The number of nitrogens with one attached hydrogen (secondary N) is 1. The summed E-state index contributed by atoms with van der Waals surface area (Å²) in [6, 6.07) is 4.12. The van der Waals surface area contributed by atoms with Gasteiger partial charge in [-0.15, -0.1) is 0 Å². The zero-order valence-corrected chi connectivity index (χ0v) is 9.24. The van der Waals surface area contributed by atoms with Crippen LogP contribution in [-0.2, 0) is 0 Å². The number of rotatable bonds is 1. The molecule has 0 unspecified atom stereocenters. The highest BCUT2D eigenvalue weighted by Crippen LogP contribution is 2.29. The Morgan fingerprint density at radius 3 is 2.81 bits per heavy atom. The number of nitrogens with two attached hydrogens (primary N) is 1. The van der Waals surface area contributed by atoms with Crippen LogP contribution in [0.4, 0.5) is 11.4 Å². The molecule has 3 rings (SSSR count). The van der Waals surface area contributed by atoms with Crippen LogP contribution in [0, 0.1) is 0 Å². The van der Waals surface area contributed by atoms with Gasteiger partial charge in [-0.05, 0) is 31.4 Å². The number of anilines is 2. The third kappa shape index (κ3) is 1.50. The van der Waals surface area contributed by atoms with Gasteiger partial charge in [-0.2, -0.15) is 5.10 Å². The van der Waals surface area contributed by atoms with Gasteiger partial charge >= 0.3 is 0 Å². The van der Waals surface area contributed by atoms with Crippen LogP contribution >= 0.6 is 0 Å². The Morgan fingerprint density at radius 2 is 2.00 bits per heavy atom. The van der Waals surface area contributed by atoms with Crippen molar-refractivity contribution >= 4 is 22.3 Å². The minimum absolute atomic E-state index is 0.857. The first kappa shape index (κ1) is 9.51. The summed E-state index contributed by atoms with van der Waals surface area (Å²) in [6.07, 6.45) is 5.68. The average Bonchev–Trinajstić information content (AvgIpc) is 2.76. The summed E-state index contributed by atoms with van der Waals surface area (Å²) < 4.78 is 0. The molecular weight excluding hydrogens is 200 g/mol. The number of benzene rings is 1. The van der Waals surface area contributed by atoms with E-state index in [9.17, 15) is 0 Å². The highest BCUT2D eigenvalue weighted by Gasteiger charge is 2.14. The Hall–Kier alpha value is -1.71. The lowest BCUT2D eigenvalue weighted by atomic mass is 10.1. The molecule has 1 aliphatic heterocycles. The molecule has 0 atom stereocenters. The van der Waals surface area contributed by atoms with Gasteiger partial charge in [-0.25, -0.2) is 0 Å². The van der Waals surface area contributed by atoms with Gasteiger partial charge in [-0.3, -0.25) is 5.10 Å². The minimum atomic E-state index is 0.857. The number of H-pyrrole nitrogens is 1. The number of fused-ring (bicyclic) bond motifs is 1. The molecule has 1 aromatic carbocycles. The van der Waals surface area contributed by atoms with Gasteiger partial charge in [0.1, 0.15) is 0 Å². The lowest BCUT2D eigenvalue weighted by molar-refractivity contribution is 0.578. The molecule has 1 saturated heterocycles. The van der Waals surface area contributed by atoms with Crippen LogP contribution in [0.15, 0.2) is 18.3 Å². The van der Waals surface area contributed by atoms with E-state index >= 15 is 0 Å². The number of hydrogen-bond acceptors (Lipinski definition) is 3. The van der Waals surface area contributed by atoms with Crippen LogP contribution in [0.1, 0.15) is 19.3 Å². The summed E-state index contributed by atoms with van der Waals surface area (Å²) in [7, 11) is 0. The molecule has 0 amide bonds. The maximum absolute atomic E-state index is 6.09. The lowest BCUT2D eigenvalue weighted by Gasteiger charge is -2.29. The second-order valence-electron chi connectivity index (χ2n) is 4.42. The molecule has 3 N–H and O–H groups in total. The molecule has 0 aliphatic carbocycles. The predicted molar refractivity (Wildman–Crippen MR) is 66.6 cm³/mol. The van der Waals surface area contributed by atoms with E-state index in [1.54, 1.807) is 0 Å². The quantitative estimate of drug-likeness (QED) is 0.718. The number of aromatic nitrogens is 2. The zero-order valence-electron chi connectivity index (χ0n) is 9.24. The van der Waals surface area contributed by atoms with Gasteiger partial charge in [-0.1, -0.05) is 0 Å². The van der Waals surface area contributed by atoms with Gasteiger partial charge in [0.15, 0.2) is 0 Å². The molecule has 84 valence electrons. The van der Waals surface area contributed by atoms with Crippen molar-refractivity contribution in [2.45, 2.75) is 19.3 Å². The van der Waals surface area contributed by atoms with Crippen molar-refractivity contribution in [3.63, 3.8) is 0 Å². The monoisotopic (exact) mass is 216 g/mol. The normalized spacial score (nSPS) is 16.9. The van der Waals surface area contributed by atoms with Crippen molar-refractivity contribution in [3.8, 4) is 0 Å². The predicted octanol–water partition coefficient (Wildman–Crippen LogP) is 2.14. The van der Waals surface area contributed by atoms with Gasteiger partial charge in [0, 0.05) is 18.5 Å². The van der Waals surface area contributed by atoms with Gasteiger partial charge < -0.3 is 10.6 Å². The number of nitrogens with zero attached hydrogens (tertiary/aromatic N) is 2. The van der Waals surface area contributed by atoms with E-state index in [-0.39, 0.29) is 0 Å². The van der Waals surface area contributed by atoms with E-state index in [0.29, 0.717) is 0 Å². The summed E-state index contributed by atoms with van der Waals surface area (Å²) in [5.74, 6) is 0. The first-order valence-electron chi connectivity index (χ1n) is 5.82. The third-order valence-corrected chi connectivity index (χ3v) is 3.28. The zero-order chi connectivity index (χ0) is 11.0. The second-order valence-corrected chi connectivity index (χ2v) is 4.42. The molecule has 0 spiro atoms. The molecular formula is C12H16N4. The number of hydrogen-bond donors (Lipinski definition) is 2. The van der Waals surface area contributed by atoms with E-state index in [4.69, 9.17) is 5.73 Å². The molecule has 0 bridgehead atoms. The standard InChI is InChI=1S/C12H16N4/c13-10-6-9-8-14-15-11(9)7-12(10)16-4-2-1-3-5-16/h6-8H,1-5,13H2,(H,14,15). The number of piperidine rings is 1. The highest BCUT2D eigenvalue weighted by atomic mass is 15.1. The highest BCUT2D eigenvalue weighted by molar-refractivity contribution is 5.88. The van der Waals surface area contributed by atoms with E-state index < -0.39 is 0 Å². The summed E-state index contributed by atoms with van der Waals surface area (Å²) in [5, 5.41) is 8.11. The Labute approximate surface area is 94.4 Å². The molecule has 1 aromatic heterocycles. The number of aromatic amines is 1.